The fraction of sp³-hybridized carbons (Fsp3) is 0.0909. The van der Waals surface area contributed by atoms with Crippen molar-refractivity contribution in [1.29, 1.82) is 0 Å². The highest BCUT2D eigenvalue weighted by Crippen LogP contribution is 2.26. The molecule has 0 bridgehead atoms. The second kappa shape index (κ2) is 4.39. The molecule has 1 N–H and O–H groups in total. The molecule has 0 fully saturated rings. The molecule has 1 aromatic carbocycles. The van der Waals surface area contributed by atoms with Gasteiger partial charge in [0.05, 0.1) is 27.0 Å². The number of rotatable bonds is 2. The van der Waals surface area contributed by atoms with Gasteiger partial charge in [0, 0.05) is 6.20 Å². The van der Waals surface area contributed by atoms with Crippen molar-refractivity contribution >= 4 is 29.2 Å². The average Bonchev–Trinajstić information content (AvgIpc) is 2.58. The third kappa shape index (κ3) is 2.14. The monoisotopic (exact) mass is 270 g/mol. The van der Waals surface area contributed by atoms with Crippen molar-refractivity contribution < 1.29 is 9.90 Å². The lowest BCUT2D eigenvalue weighted by Crippen LogP contribution is -2.06. The predicted molar refractivity (Wildman–Crippen MR) is 65.3 cm³/mol. The van der Waals surface area contributed by atoms with E-state index in [1.54, 1.807) is 19.1 Å². The Bertz CT molecular complexity index is 574. The molecule has 88 valence electrons. The summed E-state index contributed by atoms with van der Waals surface area (Å²) in [7, 11) is 0. The van der Waals surface area contributed by atoms with Gasteiger partial charge in [0.25, 0.3) is 0 Å². The molecule has 0 aliphatic rings. The van der Waals surface area contributed by atoms with E-state index < -0.39 is 5.97 Å². The zero-order chi connectivity index (χ0) is 12.6. The summed E-state index contributed by atoms with van der Waals surface area (Å²) < 4.78 is 1.38. The molecule has 0 aliphatic heterocycles. The molecule has 6 heteroatoms. The smallest absolute Gasteiger partial charge is 0.337 e. The van der Waals surface area contributed by atoms with Gasteiger partial charge in [0.2, 0.25) is 0 Å². The van der Waals surface area contributed by atoms with E-state index in [9.17, 15) is 4.79 Å². The van der Waals surface area contributed by atoms with Gasteiger partial charge in [-0.3, -0.25) is 0 Å². The lowest BCUT2D eigenvalue weighted by Gasteiger charge is -2.07. The lowest BCUT2D eigenvalue weighted by atomic mass is 10.2. The van der Waals surface area contributed by atoms with Gasteiger partial charge in [-0.25, -0.2) is 9.48 Å². The number of carboxylic acid groups (broad SMARTS) is 1. The van der Waals surface area contributed by atoms with E-state index >= 15 is 0 Å². The maximum atomic E-state index is 11.1. The zero-order valence-corrected chi connectivity index (χ0v) is 10.3. The van der Waals surface area contributed by atoms with Crippen molar-refractivity contribution in [3.63, 3.8) is 0 Å². The summed E-state index contributed by atoms with van der Waals surface area (Å²) in [5, 5.41) is 14.0. The number of aromatic nitrogens is 2. The van der Waals surface area contributed by atoms with Crippen molar-refractivity contribution in [3.8, 4) is 5.69 Å². The number of benzene rings is 1. The number of para-hydroxylation sites is 1. The van der Waals surface area contributed by atoms with E-state index in [-0.39, 0.29) is 5.56 Å². The molecule has 2 aromatic rings. The molecule has 2 rings (SSSR count). The summed E-state index contributed by atoms with van der Waals surface area (Å²) in [5.74, 6) is -1.06. The molecule has 1 aromatic heterocycles. The van der Waals surface area contributed by atoms with Crippen LogP contribution >= 0.6 is 23.2 Å². The summed E-state index contributed by atoms with van der Waals surface area (Å²) in [6.07, 6.45) is 1.53. The van der Waals surface area contributed by atoms with Crippen LogP contribution in [0.3, 0.4) is 0 Å². The van der Waals surface area contributed by atoms with Gasteiger partial charge in [-0.1, -0.05) is 29.3 Å². The normalized spacial score (nSPS) is 10.5. The first-order valence-corrected chi connectivity index (χ1v) is 5.50. The number of aryl methyl sites for hydroxylation is 1. The molecule has 0 amide bonds. The molecule has 0 unspecified atom stereocenters. The SMILES string of the molecule is Cc1nn(-c2c(Cl)cccc2C(=O)O)cc1Cl. The van der Waals surface area contributed by atoms with Crippen molar-refractivity contribution in [1.82, 2.24) is 9.78 Å². The second-order valence-electron chi connectivity index (χ2n) is 3.45. The Morgan fingerprint density at radius 1 is 1.35 bits per heavy atom. The number of carboxylic acids is 1. The number of nitrogens with zero attached hydrogens (tertiary/aromatic N) is 2. The largest absolute Gasteiger partial charge is 0.478 e. The maximum Gasteiger partial charge on any atom is 0.337 e. The van der Waals surface area contributed by atoms with E-state index in [1.165, 1.54) is 16.9 Å². The molecule has 0 aliphatic carbocycles. The Hall–Kier alpha value is -1.52. The fourth-order valence-corrected chi connectivity index (χ4v) is 1.87. The summed E-state index contributed by atoms with van der Waals surface area (Å²) in [6.45, 7) is 1.73. The molecule has 1 heterocycles. The summed E-state index contributed by atoms with van der Waals surface area (Å²) in [6, 6.07) is 4.65. The van der Waals surface area contributed by atoms with Crippen LogP contribution in [0.5, 0.6) is 0 Å². The Labute approximate surface area is 107 Å². The minimum Gasteiger partial charge on any atom is -0.478 e. The Morgan fingerprint density at radius 2 is 2.06 bits per heavy atom. The van der Waals surface area contributed by atoms with Gasteiger partial charge in [-0.2, -0.15) is 5.10 Å². The van der Waals surface area contributed by atoms with Gasteiger partial charge in [0.15, 0.2) is 0 Å². The number of hydrogen-bond acceptors (Lipinski definition) is 2. The van der Waals surface area contributed by atoms with E-state index in [2.05, 4.69) is 5.10 Å². The minimum atomic E-state index is -1.06. The van der Waals surface area contributed by atoms with Crippen LogP contribution in [0.2, 0.25) is 10.0 Å². The number of carbonyl (C=O) groups is 1. The quantitative estimate of drug-likeness (QED) is 0.912. The molecule has 4 nitrogen and oxygen atoms in total. The van der Waals surface area contributed by atoms with E-state index in [4.69, 9.17) is 28.3 Å². The van der Waals surface area contributed by atoms with Crippen LogP contribution in [0.4, 0.5) is 0 Å². The van der Waals surface area contributed by atoms with Crippen LogP contribution < -0.4 is 0 Å². The molecule has 0 saturated heterocycles. The van der Waals surface area contributed by atoms with Gasteiger partial charge < -0.3 is 5.11 Å². The molecule has 0 atom stereocenters. The Balaban J connectivity index is 2.69. The van der Waals surface area contributed by atoms with Crippen LogP contribution in [0.15, 0.2) is 24.4 Å². The number of halogens is 2. The highest BCUT2D eigenvalue weighted by Gasteiger charge is 2.16. The molecule has 0 radical (unpaired) electrons. The Morgan fingerprint density at radius 3 is 2.59 bits per heavy atom. The molecule has 0 saturated carbocycles. The number of aromatic carboxylic acids is 1. The van der Waals surface area contributed by atoms with Crippen LogP contribution in [-0.4, -0.2) is 20.9 Å². The third-order valence-corrected chi connectivity index (χ3v) is 2.96. The van der Waals surface area contributed by atoms with Crippen molar-refractivity contribution in [3.05, 3.63) is 45.7 Å². The van der Waals surface area contributed by atoms with Gasteiger partial charge in [0.1, 0.15) is 0 Å². The second-order valence-corrected chi connectivity index (χ2v) is 4.26. The summed E-state index contributed by atoms with van der Waals surface area (Å²) in [4.78, 5) is 11.1. The van der Waals surface area contributed by atoms with Crippen LogP contribution in [-0.2, 0) is 0 Å². The van der Waals surface area contributed by atoms with Gasteiger partial charge in [-0.05, 0) is 19.1 Å². The fourth-order valence-electron chi connectivity index (χ4n) is 1.47. The topological polar surface area (TPSA) is 55.1 Å². The average molecular weight is 271 g/mol. The highest BCUT2D eigenvalue weighted by atomic mass is 35.5. The van der Waals surface area contributed by atoms with E-state index in [1.807, 2.05) is 0 Å². The number of hydrogen-bond donors (Lipinski definition) is 1. The summed E-state index contributed by atoms with van der Waals surface area (Å²) >= 11 is 11.9. The highest BCUT2D eigenvalue weighted by molar-refractivity contribution is 6.33. The van der Waals surface area contributed by atoms with E-state index in [0.717, 1.165) is 0 Å². The van der Waals surface area contributed by atoms with Crippen LogP contribution in [0.1, 0.15) is 16.1 Å². The summed E-state index contributed by atoms with van der Waals surface area (Å²) in [5.41, 5.74) is 1.01. The van der Waals surface area contributed by atoms with Gasteiger partial charge >= 0.3 is 5.97 Å². The molecule has 0 spiro atoms. The first-order chi connectivity index (χ1) is 8.00. The van der Waals surface area contributed by atoms with Crippen LogP contribution in [0, 0.1) is 6.92 Å². The third-order valence-electron chi connectivity index (χ3n) is 2.29. The maximum absolute atomic E-state index is 11.1. The Kier molecular flexibility index (Phi) is 3.09. The van der Waals surface area contributed by atoms with E-state index in [0.29, 0.717) is 21.4 Å². The standard InChI is InChI=1S/C11H8Cl2N2O2/c1-6-9(13)5-15(14-6)10-7(11(16)17)3-2-4-8(10)12/h2-5H,1H3,(H,16,17). The van der Waals surface area contributed by atoms with Gasteiger partial charge in [-0.15, -0.1) is 0 Å². The van der Waals surface area contributed by atoms with Crippen molar-refractivity contribution in [2.45, 2.75) is 6.92 Å². The van der Waals surface area contributed by atoms with Crippen molar-refractivity contribution in [2.24, 2.45) is 0 Å². The minimum absolute atomic E-state index is 0.0802. The first kappa shape index (κ1) is 12.0. The first-order valence-electron chi connectivity index (χ1n) is 4.74. The zero-order valence-electron chi connectivity index (χ0n) is 8.82. The van der Waals surface area contributed by atoms with Crippen molar-refractivity contribution in [2.75, 3.05) is 0 Å². The molecular weight excluding hydrogens is 263 g/mol. The molecular formula is C11H8Cl2N2O2. The predicted octanol–water partition coefficient (Wildman–Crippen LogP) is 3.19. The molecule has 17 heavy (non-hydrogen) atoms. The lowest BCUT2D eigenvalue weighted by molar-refractivity contribution is 0.0696. The van der Waals surface area contributed by atoms with Crippen LogP contribution in [0.25, 0.3) is 5.69 Å².